The number of nitrogens with one attached hydrogen (secondary N) is 1. The van der Waals surface area contributed by atoms with Crippen molar-refractivity contribution in [3.63, 3.8) is 0 Å². The van der Waals surface area contributed by atoms with Gasteiger partial charge < -0.3 is 0 Å². The van der Waals surface area contributed by atoms with Crippen molar-refractivity contribution in [3.05, 3.63) is 53.6 Å². The van der Waals surface area contributed by atoms with Crippen LogP contribution in [0, 0.1) is 11.3 Å². The molecule has 120 valence electrons. The molecule has 2 aromatic carbocycles. The van der Waals surface area contributed by atoms with E-state index in [1.54, 1.807) is 0 Å². The third-order valence-electron chi connectivity index (χ3n) is 5.34. The molecule has 0 unspecified atom stereocenters. The van der Waals surface area contributed by atoms with Gasteiger partial charge in [-0.3, -0.25) is 10.7 Å². The predicted molar refractivity (Wildman–Crippen MR) is 93.4 cm³/mol. The first-order valence-corrected chi connectivity index (χ1v) is 8.41. The first-order valence-electron chi connectivity index (χ1n) is 8.41. The topological polar surface area (TPSA) is 68.4 Å². The summed E-state index contributed by atoms with van der Waals surface area (Å²) in [4.78, 5) is 4.62. The fourth-order valence-corrected chi connectivity index (χ4v) is 4.11. The Balaban J connectivity index is 1.82. The number of hydrogen-bond acceptors (Lipinski definition) is 4. The molecule has 1 saturated carbocycles. The van der Waals surface area contributed by atoms with Crippen LogP contribution in [0.2, 0.25) is 0 Å². The quantitative estimate of drug-likeness (QED) is 0.764. The lowest BCUT2D eigenvalue weighted by molar-refractivity contribution is 0.218. The molecule has 0 amide bonds. The summed E-state index contributed by atoms with van der Waals surface area (Å²) in [6.07, 6.45) is 5.55. The Kier molecular flexibility index (Phi) is 3.59. The van der Waals surface area contributed by atoms with E-state index in [4.69, 9.17) is 5.26 Å². The Morgan fingerprint density at radius 3 is 2.58 bits per heavy atom. The highest BCUT2D eigenvalue weighted by molar-refractivity contribution is 6.00. The zero-order valence-corrected chi connectivity index (χ0v) is 13.4. The molecule has 24 heavy (non-hydrogen) atoms. The van der Waals surface area contributed by atoms with Crippen LogP contribution in [-0.4, -0.2) is 11.0 Å². The Morgan fingerprint density at radius 1 is 1.04 bits per heavy atom. The zero-order valence-electron chi connectivity index (χ0n) is 13.4. The molecule has 1 aliphatic heterocycles. The molecule has 1 fully saturated rings. The van der Waals surface area contributed by atoms with Gasteiger partial charge in [-0.15, -0.1) is 0 Å². The van der Waals surface area contributed by atoms with Crippen LogP contribution in [0.15, 0.2) is 47.5 Å². The van der Waals surface area contributed by atoms with E-state index in [9.17, 15) is 5.21 Å². The van der Waals surface area contributed by atoms with Crippen LogP contribution in [0.4, 0.5) is 5.69 Å². The molecular weight excluding hydrogens is 298 g/mol. The molecule has 2 aromatic rings. The number of benzene rings is 2. The zero-order chi connectivity index (χ0) is 16.6. The standard InChI is InChI=1S/C20H19N3O/c21-13-14-5-4-6-15(11-14)16-7-8-18-17(12-16)20(19(22-18)23-24)9-2-1-3-10-20/h4-8,11-12,24H,1-3,9-10H2,(H,22,23). The maximum absolute atomic E-state index is 9.59. The van der Waals surface area contributed by atoms with Gasteiger partial charge in [-0.05, 0) is 53.8 Å². The maximum Gasteiger partial charge on any atom is 0.136 e. The number of rotatable bonds is 1. The van der Waals surface area contributed by atoms with Crippen molar-refractivity contribution in [2.24, 2.45) is 4.99 Å². The van der Waals surface area contributed by atoms with Gasteiger partial charge >= 0.3 is 0 Å². The summed E-state index contributed by atoms with van der Waals surface area (Å²) in [7, 11) is 0. The van der Waals surface area contributed by atoms with Crippen LogP contribution in [0.5, 0.6) is 0 Å². The summed E-state index contributed by atoms with van der Waals surface area (Å²) >= 11 is 0. The van der Waals surface area contributed by atoms with Gasteiger partial charge in [0.25, 0.3) is 0 Å². The van der Waals surface area contributed by atoms with Crippen LogP contribution in [0.25, 0.3) is 11.1 Å². The largest absolute Gasteiger partial charge is 0.290 e. The average Bonchev–Trinajstić information content (AvgIpc) is 2.95. The Labute approximate surface area is 141 Å². The Morgan fingerprint density at radius 2 is 1.83 bits per heavy atom. The molecule has 2 N–H and O–H groups in total. The van der Waals surface area contributed by atoms with Crippen LogP contribution in [-0.2, 0) is 5.41 Å². The summed E-state index contributed by atoms with van der Waals surface area (Å²) in [5, 5.41) is 18.7. The van der Waals surface area contributed by atoms with Gasteiger partial charge in [-0.1, -0.05) is 37.5 Å². The van der Waals surface area contributed by atoms with Gasteiger partial charge in [-0.2, -0.15) is 5.26 Å². The third-order valence-corrected chi connectivity index (χ3v) is 5.34. The van der Waals surface area contributed by atoms with E-state index in [-0.39, 0.29) is 5.41 Å². The maximum atomic E-state index is 9.59. The average molecular weight is 317 g/mol. The molecule has 1 heterocycles. The SMILES string of the molecule is N#Cc1cccc(-c2ccc3c(c2)C2(CCCCC2)C(NO)=N3)c1. The molecule has 0 saturated heterocycles. The number of hydrogen-bond donors (Lipinski definition) is 2. The molecule has 4 nitrogen and oxygen atoms in total. The molecule has 0 aromatic heterocycles. The summed E-state index contributed by atoms with van der Waals surface area (Å²) in [6, 6.07) is 16.1. The molecule has 0 bridgehead atoms. The van der Waals surface area contributed by atoms with Gasteiger partial charge in [0.05, 0.1) is 22.7 Å². The molecule has 4 heteroatoms. The molecule has 2 aliphatic rings. The second-order valence-electron chi connectivity index (χ2n) is 6.64. The van der Waals surface area contributed by atoms with E-state index in [1.165, 1.54) is 12.0 Å². The minimum Gasteiger partial charge on any atom is -0.290 e. The Hall–Kier alpha value is -2.64. The summed E-state index contributed by atoms with van der Waals surface area (Å²) < 4.78 is 0. The van der Waals surface area contributed by atoms with E-state index >= 15 is 0 Å². The first-order chi connectivity index (χ1) is 11.8. The lowest BCUT2D eigenvalue weighted by atomic mass is 9.69. The highest BCUT2D eigenvalue weighted by Gasteiger charge is 2.44. The second kappa shape index (κ2) is 5.77. The van der Waals surface area contributed by atoms with Crippen molar-refractivity contribution in [1.29, 1.82) is 5.26 Å². The van der Waals surface area contributed by atoms with Crippen molar-refractivity contribution in [2.75, 3.05) is 0 Å². The smallest absolute Gasteiger partial charge is 0.136 e. The van der Waals surface area contributed by atoms with Gasteiger partial charge in [0, 0.05) is 0 Å². The van der Waals surface area contributed by atoms with E-state index in [1.807, 2.05) is 36.4 Å². The van der Waals surface area contributed by atoms with E-state index < -0.39 is 0 Å². The van der Waals surface area contributed by atoms with Crippen LogP contribution < -0.4 is 5.48 Å². The fourth-order valence-electron chi connectivity index (χ4n) is 4.11. The van der Waals surface area contributed by atoms with Crippen molar-refractivity contribution < 1.29 is 5.21 Å². The molecular formula is C20H19N3O. The van der Waals surface area contributed by atoms with Crippen molar-refractivity contribution in [3.8, 4) is 17.2 Å². The molecule has 1 aliphatic carbocycles. The van der Waals surface area contributed by atoms with E-state index in [0.717, 1.165) is 42.5 Å². The highest BCUT2D eigenvalue weighted by atomic mass is 16.5. The molecule has 0 radical (unpaired) electrons. The van der Waals surface area contributed by atoms with Crippen LogP contribution in [0.3, 0.4) is 0 Å². The van der Waals surface area contributed by atoms with Crippen molar-refractivity contribution >= 4 is 11.5 Å². The lowest BCUT2D eigenvalue weighted by Gasteiger charge is -2.35. The van der Waals surface area contributed by atoms with Crippen molar-refractivity contribution in [1.82, 2.24) is 5.48 Å². The van der Waals surface area contributed by atoms with Gasteiger partial charge in [0.1, 0.15) is 5.84 Å². The summed E-state index contributed by atoms with van der Waals surface area (Å²) in [6.45, 7) is 0. The molecule has 1 spiro atoms. The Bertz CT molecular complexity index is 857. The molecule has 4 rings (SSSR count). The van der Waals surface area contributed by atoms with Crippen LogP contribution in [0.1, 0.15) is 43.2 Å². The number of nitriles is 1. The second-order valence-corrected chi connectivity index (χ2v) is 6.64. The fraction of sp³-hybridized carbons (Fsp3) is 0.300. The lowest BCUT2D eigenvalue weighted by Crippen LogP contribution is -2.42. The first kappa shape index (κ1) is 14.9. The van der Waals surface area contributed by atoms with E-state index in [0.29, 0.717) is 11.4 Å². The minimum absolute atomic E-state index is 0.189. The number of aliphatic imine (C=N–C) groups is 1. The third kappa shape index (κ3) is 2.21. The number of fused-ring (bicyclic) bond motifs is 2. The summed E-state index contributed by atoms with van der Waals surface area (Å²) in [5.74, 6) is 0.681. The van der Waals surface area contributed by atoms with Gasteiger partial charge in [0.2, 0.25) is 0 Å². The van der Waals surface area contributed by atoms with Gasteiger partial charge in [0.15, 0.2) is 0 Å². The number of amidine groups is 1. The number of nitrogens with zero attached hydrogens (tertiary/aromatic N) is 2. The normalized spacial score (nSPS) is 17.9. The number of hydroxylamine groups is 1. The predicted octanol–water partition coefficient (Wildman–Crippen LogP) is 4.45. The highest BCUT2D eigenvalue weighted by Crippen LogP contribution is 2.49. The van der Waals surface area contributed by atoms with E-state index in [2.05, 4.69) is 22.6 Å². The summed E-state index contributed by atoms with van der Waals surface area (Å²) in [5.41, 5.74) is 7.08. The van der Waals surface area contributed by atoms with Crippen molar-refractivity contribution in [2.45, 2.75) is 37.5 Å². The van der Waals surface area contributed by atoms with Gasteiger partial charge in [-0.25, -0.2) is 4.99 Å². The monoisotopic (exact) mass is 317 g/mol. The minimum atomic E-state index is -0.189. The molecule has 0 atom stereocenters. The van der Waals surface area contributed by atoms with Crippen LogP contribution >= 0.6 is 0 Å².